The molecule has 3 heterocycles. The Kier molecular flexibility index (Phi) is 8.10. The summed E-state index contributed by atoms with van der Waals surface area (Å²) in [5.74, 6) is -2.10. The molecule has 0 saturated carbocycles. The van der Waals surface area contributed by atoms with Gasteiger partial charge >= 0.3 is 0 Å². The fourth-order valence-electron chi connectivity index (χ4n) is 4.39. The minimum atomic E-state index is -0.863. The van der Waals surface area contributed by atoms with Crippen LogP contribution in [0, 0.1) is 11.6 Å². The molecule has 0 spiro atoms. The monoisotopic (exact) mass is 495 g/mol. The van der Waals surface area contributed by atoms with Crippen molar-refractivity contribution in [1.29, 1.82) is 0 Å². The number of hydrogen-bond donors (Lipinski definition) is 2. The van der Waals surface area contributed by atoms with Crippen LogP contribution in [0.15, 0.2) is 42.7 Å². The number of rotatable bonds is 9. The Morgan fingerprint density at radius 1 is 1.22 bits per heavy atom. The van der Waals surface area contributed by atoms with Crippen molar-refractivity contribution < 1.29 is 18.3 Å². The Morgan fingerprint density at radius 2 is 2.06 bits per heavy atom. The molecule has 1 atom stereocenters. The zero-order valence-corrected chi connectivity index (χ0v) is 20.3. The standard InChI is InChI=1S/C27H31F2N5O2/c1-2-3-13-36-24-9-6-19(28)25(26(24)29)21-8-7-20(31)27(33-21)23(35)14-17-15-32-11-10-22(17)34-12-4-5-18(30)16-34/h6-11,15,18H,2-5,12-14,16,30-31H2,1H3/t18-/m0/s1. The van der Waals surface area contributed by atoms with E-state index in [0.29, 0.717) is 18.7 Å². The van der Waals surface area contributed by atoms with Crippen LogP contribution >= 0.6 is 0 Å². The highest BCUT2D eigenvalue weighted by atomic mass is 19.1. The summed E-state index contributed by atoms with van der Waals surface area (Å²) < 4.78 is 35.3. The lowest BCUT2D eigenvalue weighted by atomic mass is 10.0. The molecule has 0 unspecified atom stereocenters. The number of nitrogens with zero attached hydrogens (tertiary/aromatic N) is 3. The maximum absolute atomic E-state index is 15.2. The van der Waals surface area contributed by atoms with E-state index in [0.717, 1.165) is 44.0 Å². The van der Waals surface area contributed by atoms with Crippen molar-refractivity contribution in [2.24, 2.45) is 5.73 Å². The van der Waals surface area contributed by atoms with E-state index >= 15 is 4.39 Å². The first kappa shape index (κ1) is 25.5. The predicted octanol–water partition coefficient (Wildman–Crippen LogP) is 4.54. The number of nitrogens with two attached hydrogens (primary N) is 2. The zero-order valence-electron chi connectivity index (χ0n) is 20.3. The number of benzene rings is 1. The van der Waals surface area contributed by atoms with Crippen LogP contribution in [-0.2, 0) is 6.42 Å². The minimum Gasteiger partial charge on any atom is -0.490 e. The zero-order chi connectivity index (χ0) is 25.7. The fourth-order valence-corrected chi connectivity index (χ4v) is 4.39. The third-order valence-corrected chi connectivity index (χ3v) is 6.29. The molecule has 36 heavy (non-hydrogen) atoms. The Labute approximate surface area is 209 Å². The van der Waals surface area contributed by atoms with Gasteiger partial charge in [0.2, 0.25) is 0 Å². The number of ketones is 1. The van der Waals surface area contributed by atoms with Gasteiger partial charge in [-0.15, -0.1) is 0 Å². The number of Topliss-reactive ketones (excluding diaryl/α,β-unsaturated/α-hetero) is 1. The Balaban J connectivity index is 1.63. The van der Waals surface area contributed by atoms with Crippen molar-refractivity contribution in [3.05, 3.63) is 65.6 Å². The van der Waals surface area contributed by atoms with Crippen LogP contribution in [-0.4, -0.2) is 41.5 Å². The number of carbonyl (C=O) groups is 1. The molecular weight excluding hydrogens is 464 g/mol. The molecule has 4 N–H and O–H groups in total. The smallest absolute Gasteiger partial charge is 0.187 e. The van der Waals surface area contributed by atoms with Crippen LogP contribution in [0.4, 0.5) is 20.2 Å². The average Bonchev–Trinajstić information content (AvgIpc) is 2.87. The van der Waals surface area contributed by atoms with Gasteiger partial charge in [0.05, 0.1) is 23.6 Å². The first-order chi connectivity index (χ1) is 17.4. The molecule has 1 aliphatic rings. The van der Waals surface area contributed by atoms with Gasteiger partial charge < -0.3 is 21.1 Å². The molecule has 2 aromatic heterocycles. The molecular formula is C27H31F2N5O2. The number of anilines is 2. The van der Waals surface area contributed by atoms with E-state index in [1.54, 1.807) is 12.4 Å². The number of nitrogen functional groups attached to an aromatic ring is 1. The Bertz CT molecular complexity index is 1240. The number of pyridine rings is 2. The summed E-state index contributed by atoms with van der Waals surface area (Å²) in [6.45, 7) is 3.83. The third kappa shape index (κ3) is 5.62. The van der Waals surface area contributed by atoms with Crippen LogP contribution in [0.3, 0.4) is 0 Å². The lowest BCUT2D eigenvalue weighted by Gasteiger charge is -2.33. The molecule has 1 aliphatic heterocycles. The van der Waals surface area contributed by atoms with Crippen molar-refractivity contribution in [2.75, 3.05) is 30.3 Å². The van der Waals surface area contributed by atoms with Crippen LogP contribution in [0.25, 0.3) is 11.3 Å². The number of piperidine rings is 1. The van der Waals surface area contributed by atoms with Crippen molar-refractivity contribution in [3.8, 4) is 17.0 Å². The van der Waals surface area contributed by atoms with Crippen molar-refractivity contribution in [3.63, 3.8) is 0 Å². The molecule has 190 valence electrons. The van der Waals surface area contributed by atoms with Crippen LogP contribution in [0.2, 0.25) is 0 Å². The van der Waals surface area contributed by atoms with E-state index in [9.17, 15) is 9.18 Å². The second-order valence-corrected chi connectivity index (χ2v) is 9.02. The molecule has 3 aromatic rings. The van der Waals surface area contributed by atoms with Gasteiger partial charge in [0.15, 0.2) is 17.3 Å². The average molecular weight is 496 g/mol. The summed E-state index contributed by atoms with van der Waals surface area (Å²) in [4.78, 5) is 23.9. The Hall–Kier alpha value is -3.59. The van der Waals surface area contributed by atoms with Crippen molar-refractivity contribution in [1.82, 2.24) is 9.97 Å². The topological polar surface area (TPSA) is 107 Å². The van der Waals surface area contributed by atoms with Crippen molar-refractivity contribution >= 4 is 17.2 Å². The van der Waals surface area contributed by atoms with E-state index in [1.165, 1.54) is 18.2 Å². The summed E-state index contributed by atoms with van der Waals surface area (Å²) in [6.07, 6.45) is 6.85. The lowest BCUT2D eigenvalue weighted by molar-refractivity contribution is 0.0989. The summed E-state index contributed by atoms with van der Waals surface area (Å²) in [7, 11) is 0. The lowest BCUT2D eigenvalue weighted by Crippen LogP contribution is -2.43. The summed E-state index contributed by atoms with van der Waals surface area (Å²) in [5, 5.41) is 0. The normalized spacial score (nSPS) is 15.7. The number of ether oxygens (including phenoxy) is 1. The second-order valence-electron chi connectivity index (χ2n) is 9.02. The first-order valence-electron chi connectivity index (χ1n) is 12.2. The number of aromatic nitrogens is 2. The van der Waals surface area contributed by atoms with Gasteiger partial charge in [-0.2, -0.15) is 0 Å². The first-order valence-corrected chi connectivity index (χ1v) is 12.2. The van der Waals surface area contributed by atoms with Crippen LogP contribution < -0.4 is 21.1 Å². The maximum Gasteiger partial charge on any atom is 0.187 e. The van der Waals surface area contributed by atoms with E-state index < -0.39 is 11.6 Å². The van der Waals surface area contributed by atoms with E-state index in [2.05, 4.69) is 14.9 Å². The van der Waals surface area contributed by atoms with Gasteiger partial charge in [0.1, 0.15) is 11.5 Å². The number of hydrogen-bond acceptors (Lipinski definition) is 7. The molecule has 9 heteroatoms. The molecule has 0 radical (unpaired) electrons. The molecule has 0 aliphatic carbocycles. The van der Waals surface area contributed by atoms with Gasteiger partial charge in [-0.25, -0.2) is 13.8 Å². The number of carbonyl (C=O) groups excluding carboxylic acids is 1. The van der Waals surface area contributed by atoms with Crippen molar-refractivity contribution in [2.45, 2.75) is 45.1 Å². The van der Waals surface area contributed by atoms with Gasteiger partial charge in [-0.3, -0.25) is 9.78 Å². The highest BCUT2D eigenvalue weighted by Crippen LogP contribution is 2.32. The Morgan fingerprint density at radius 3 is 2.83 bits per heavy atom. The molecule has 1 aromatic carbocycles. The molecule has 0 bridgehead atoms. The number of unbranched alkanes of at least 4 members (excludes halogenated alkanes) is 1. The van der Waals surface area contributed by atoms with Gasteiger partial charge in [0.25, 0.3) is 0 Å². The summed E-state index contributed by atoms with van der Waals surface area (Å²) in [6, 6.07) is 7.15. The van der Waals surface area contributed by atoms with Crippen LogP contribution in [0.5, 0.6) is 5.75 Å². The van der Waals surface area contributed by atoms with Gasteiger partial charge in [-0.05, 0) is 49.6 Å². The quantitative estimate of drug-likeness (QED) is 0.332. The maximum atomic E-state index is 15.2. The van der Waals surface area contributed by atoms with Gasteiger partial charge in [0, 0.05) is 49.2 Å². The van der Waals surface area contributed by atoms with E-state index in [1.807, 2.05) is 13.0 Å². The van der Waals surface area contributed by atoms with E-state index in [4.69, 9.17) is 16.2 Å². The second kappa shape index (κ2) is 11.4. The largest absolute Gasteiger partial charge is 0.490 e. The predicted molar refractivity (Wildman–Crippen MR) is 136 cm³/mol. The molecule has 7 nitrogen and oxygen atoms in total. The highest BCUT2D eigenvalue weighted by Gasteiger charge is 2.23. The molecule has 4 rings (SSSR count). The molecule has 1 fully saturated rings. The SMILES string of the molecule is CCCCOc1ccc(F)c(-c2ccc(N)c(C(=O)Cc3cnccc3N3CCC[C@H](N)C3)n2)c1F. The van der Waals surface area contributed by atoms with E-state index in [-0.39, 0.29) is 46.6 Å². The van der Waals surface area contributed by atoms with Gasteiger partial charge in [-0.1, -0.05) is 13.3 Å². The van der Waals surface area contributed by atoms with Crippen LogP contribution in [0.1, 0.15) is 48.7 Å². The minimum absolute atomic E-state index is 0.0132. The summed E-state index contributed by atoms with van der Waals surface area (Å²) >= 11 is 0. The third-order valence-electron chi connectivity index (χ3n) is 6.29. The fraction of sp³-hybridized carbons (Fsp3) is 0.370. The summed E-state index contributed by atoms with van der Waals surface area (Å²) in [5.41, 5.74) is 13.5. The highest BCUT2D eigenvalue weighted by molar-refractivity contribution is 6.01. The molecule has 0 amide bonds. The molecule has 1 saturated heterocycles. The number of halogens is 2.